The lowest BCUT2D eigenvalue weighted by Gasteiger charge is -2.26. The normalized spacial score (nSPS) is 13.4. The minimum atomic E-state index is -0.0582. The van der Waals surface area contributed by atoms with Crippen molar-refractivity contribution in [3.63, 3.8) is 0 Å². The van der Waals surface area contributed by atoms with Crippen LogP contribution in [0.1, 0.15) is 25.3 Å². The van der Waals surface area contributed by atoms with Crippen LogP contribution in [0.4, 0.5) is 17.2 Å². The Balaban J connectivity index is 1.53. The number of thiophene rings is 1. The zero-order valence-corrected chi connectivity index (χ0v) is 18.4. The largest absolute Gasteiger partial charge is 0.481 e. The smallest absolute Gasteiger partial charge is 0.264 e. The second kappa shape index (κ2) is 7.67. The fourth-order valence-corrected chi connectivity index (χ4v) is 4.64. The number of hydrogen-bond donors (Lipinski definition) is 1. The fraction of sp³-hybridized carbons (Fsp3) is 0.208. The Hall–Kier alpha value is -3.45. The molecule has 3 heterocycles. The number of ether oxygens (including phenoxy) is 1. The topological polar surface area (TPSA) is 67.4 Å². The summed E-state index contributed by atoms with van der Waals surface area (Å²) < 4.78 is 5.62. The van der Waals surface area contributed by atoms with Gasteiger partial charge in [-0.15, -0.1) is 11.3 Å². The lowest BCUT2D eigenvalue weighted by Crippen LogP contribution is -2.35. The van der Waals surface area contributed by atoms with Gasteiger partial charge in [0.1, 0.15) is 22.7 Å². The molecular formula is C24H22N4O2S. The number of likely N-dealkylation sites (N-methyl/N-ethyl adjacent to an activating group) is 1. The van der Waals surface area contributed by atoms with Gasteiger partial charge in [0.15, 0.2) is 6.61 Å². The highest BCUT2D eigenvalue weighted by Crippen LogP contribution is 2.39. The van der Waals surface area contributed by atoms with Crippen LogP contribution >= 0.6 is 11.3 Å². The first-order valence-electron chi connectivity index (χ1n) is 10.1. The van der Waals surface area contributed by atoms with Crippen LogP contribution in [-0.2, 0) is 4.79 Å². The molecule has 6 nitrogen and oxygen atoms in total. The Morgan fingerprint density at radius 2 is 1.94 bits per heavy atom. The molecule has 0 spiro atoms. The van der Waals surface area contributed by atoms with Gasteiger partial charge in [0.2, 0.25) is 0 Å². The zero-order chi connectivity index (χ0) is 21.5. The van der Waals surface area contributed by atoms with E-state index < -0.39 is 0 Å². The highest BCUT2D eigenvalue weighted by atomic mass is 32.1. The summed E-state index contributed by atoms with van der Waals surface area (Å²) in [4.78, 5) is 23.4. The van der Waals surface area contributed by atoms with Crippen molar-refractivity contribution in [2.75, 3.05) is 23.9 Å². The van der Waals surface area contributed by atoms with Crippen molar-refractivity contribution in [1.82, 2.24) is 9.97 Å². The van der Waals surface area contributed by atoms with E-state index in [0.717, 1.165) is 38.5 Å². The van der Waals surface area contributed by atoms with Gasteiger partial charge in [0.05, 0.1) is 11.1 Å². The Morgan fingerprint density at radius 3 is 2.71 bits per heavy atom. The molecule has 0 bridgehead atoms. The fourth-order valence-electron chi connectivity index (χ4n) is 3.72. The van der Waals surface area contributed by atoms with Gasteiger partial charge >= 0.3 is 0 Å². The minimum absolute atomic E-state index is 0.0474. The van der Waals surface area contributed by atoms with Crippen LogP contribution in [0.15, 0.2) is 54.2 Å². The summed E-state index contributed by atoms with van der Waals surface area (Å²) in [6, 6.07) is 14.4. The number of hydrogen-bond acceptors (Lipinski definition) is 6. The van der Waals surface area contributed by atoms with Crippen molar-refractivity contribution in [3.8, 4) is 16.9 Å². The highest BCUT2D eigenvalue weighted by molar-refractivity contribution is 7.17. The van der Waals surface area contributed by atoms with E-state index in [1.54, 1.807) is 29.6 Å². The second-order valence-electron chi connectivity index (χ2n) is 7.88. The number of nitrogens with one attached hydrogen (secondary N) is 1. The van der Waals surface area contributed by atoms with E-state index in [2.05, 4.69) is 58.8 Å². The first-order valence-corrected chi connectivity index (χ1v) is 11.0. The van der Waals surface area contributed by atoms with Gasteiger partial charge < -0.3 is 15.0 Å². The van der Waals surface area contributed by atoms with Crippen molar-refractivity contribution in [2.45, 2.75) is 19.8 Å². The lowest BCUT2D eigenvalue weighted by atomic mass is 9.99. The zero-order valence-electron chi connectivity index (χ0n) is 17.5. The van der Waals surface area contributed by atoms with E-state index in [-0.39, 0.29) is 12.5 Å². The summed E-state index contributed by atoms with van der Waals surface area (Å²) in [5.41, 5.74) is 5.17. The summed E-state index contributed by atoms with van der Waals surface area (Å²) >= 11 is 1.61. The summed E-state index contributed by atoms with van der Waals surface area (Å²) in [6.07, 6.45) is 1.58. The third kappa shape index (κ3) is 3.51. The standard InChI is InChI=1S/C24H22N4O2S/c1-14(2)15-4-6-16(7-5-15)18-12-31-24-22(18)23(25-13-26-24)27-17-8-9-19-20(10-17)30-11-21(29)28(19)3/h4-10,12-14H,11H2,1-3H3,(H,25,26,27). The van der Waals surface area contributed by atoms with Crippen LogP contribution in [-0.4, -0.2) is 29.5 Å². The van der Waals surface area contributed by atoms with E-state index in [4.69, 9.17) is 4.74 Å². The number of anilines is 3. The highest BCUT2D eigenvalue weighted by Gasteiger charge is 2.22. The molecule has 0 atom stereocenters. The van der Waals surface area contributed by atoms with Crippen LogP contribution in [0, 0.1) is 0 Å². The maximum absolute atomic E-state index is 11.8. The van der Waals surface area contributed by atoms with E-state index in [0.29, 0.717) is 11.7 Å². The molecule has 1 amide bonds. The molecule has 1 N–H and O–H groups in total. The van der Waals surface area contributed by atoms with E-state index >= 15 is 0 Å². The van der Waals surface area contributed by atoms with Crippen molar-refractivity contribution in [3.05, 3.63) is 59.7 Å². The third-order valence-electron chi connectivity index (χ3n) is 5.57. The number of rotatable bonds is 4. The van der Waals surface area contributed by atoms with Gasteiger partial charge in [-0.25, -0.2) is 9.97 Å². The third-order valence-corrected chi connectivity index (χ3v) is 6.45. The maximum Gasteiger partial charge on any atom is 0.264 e. The van der Waals surface area contributed by atoms with Gasteiger partial charge in [-0.3, -0.25) is 4.79 Å². The quantitative estimate of drug-likeness (QED) is 0.458. The SMILES string of the molecule is CC(C)c1ccc(-c2csc3ncnc(Nc4ccc5c(c4)OCC(=O)N5C)c23)cc1. The molecular weight excluding hydrogens is 408 g/mol. The van der Waals surface area contributed by atoms with Crippen LogP contribution in [0.3, 0.4) is 0 Å². The van der Waals surface area contributed by atoms with Crippen LogP contribution in [0.25, 0.3) is 21.3 Å². The second-order valence-corrected chi connectivity index (χ2v) is 8.74. The number of aromatic nitrogens is 2. The maximum atomic E-state index is 11.8. The molecule has 5 rings (SSSR count). The van der Waals surface area contributed by atoms with Gasteiger partial charge in [0, 0.05) is 29.7 Å². The Bertz CT molecular complexity index is 1280. The molecule has 0 unspecified atom stereocenters. The van der Waals surface area contributed by atoms with E-state index in [1.807, 2.05) is 18.2 Å². The summed E-state index contributed by atoms with van der Waals surface area (Å²) in [5.74, 6) is 1.85. The van der Waals surface area contributed by atoms with Gasteiger partial charge in [-0.2, -0.15) is 0 Å². The molecule has 7 heteroatoms. The molecule has 31 heavy (non-hydrogen) atoms. The number of carbonyl (C=O) groups excluding carboxylic acids is 1. The summed E-state index contributed by atoms with van der Waals surface area (Å²) in [5, 5.41) is 6.55. The molecule has 0 saturated heterocycles. The average molecular weight is 431 g/mol. The molecule has 0 radical (unpaired) electrons. The van der Waals surface area contributed by atoms with Crippen LogP contribution in [0.5, 0.6) is 5.75 Å². The van der Waals surface area contributed by atoms with Crippen molar-refractivity contribution in [2.24, 2.45) is 0 Å². The van der Waals surface area contributed by atoms with Crippen molar-refractivity contribution < 1.29 is 9.53 Å². The average Bonchev–Trinajstić information content (AvgIpc) is 3.22. The number of fused-ring (bicyclic) bond motifs is 2. The predicted octanol–water partition coefficient (Wildman–Crippen LogP) is 5.58. The first kappa shape index (κ1) is 19.5. The summed E-state index contributed by atoms with van der Waals surface area (Å²) in [6.45, 7) is 4.44. The first-order chi connectivity index (χ1) is 15.0. The Kier molecular flexibility index (Phi) is 4.82. The molecule has 0 fully saturated rings. The van der Waals surface area contributed by atoms with E-state index in [1.165, 1.54) is 5.56 Å². The minimum Gasteiger partial charge on any atom is -0.481 e. The molecule has 2 aromatic carbocycles. The molecule has 0 aliphatic carbocycles. The molecule has 0 saturated carbocycles. The number of carbonyl (C=O) groups is 1. The van der Waals surface area contributed by atoms with Crippen molar-refractivity contribution >= 4 is 44.7 Å². The Labute approximate surface area is 184 Å². The lowest BCUT2D eigenvalue weighted by molar-refractivity contribution is -0.120. The van der Waals surface area contributed by atoms with Crippen LogP contribution in [0.2, 0.25) is 0 Å². The van der Waals surface area contributed by atoms with Gasteiger partial charge in [0.25, 0.3) is 5.91 Å². The number of benzene rings is 2. The van der Waals surface area contributed by atoms with Gasteiger partial charge in [-0.05, 0) is 29.2 Å². The number of amides is 1. The van der Waals surface area contributed by atoms with Crippen LogP contribution < -0.4 is 15.0 Å². The molecule has 156 valence electrons. The number of nitrogens with zero attached hydrogens (tertiary/aromatic N) is 3. The predicted molar refractivity (Wildman–Crippen MR) is 126 cm³/mol. The molecule has 1 aliphatic rings. The van der Waals surface area contributed by atoms with Gasteiger partial charge in [-0.1, -0.05) is 38.1 Å². The summed E-state index contributed by atoms with van der Waals surface area (Å²) in [7, 11) is 1.76. The molecule has 1 aliphatic heterocycles. The molecule has 2 aromatic heterocycles. The monoisotopic (exact) mass is 430 g/mol. The molecule has 4 aromatic rings. The van der Waals surface area contributed by atoms with E-state index in [9.17, 15) is 4.79 Å². The van der Waals surface area contributed by atoms with Crippen molar-refractivity contribution in [1.29, 1.82) is 0 Å². The Morgan fingerprint density at radius 1 is 1.13 bits per heavy atom.